The number of nitrogens with zero attached hydrogens (tertiary/aromatic N) is 1. The highest BCUT2D eigenvalue weighted by Gasteiger charge is 2.16. The van der Waals surface area contributed by atoms with E-state index in [0.717, 1.165) is 30.9 Å². The number of rotatable bonds is 5. The van der Waals surface area contributed by atoms with Crippen LogP contribution in [0, 0.1) is 0 Å². The van der Waals surface area contributed by atoms with Crippen LogP contribution in [0.1, 0.15) is 24.0 Å². The molecule has 0 aromatic heterocycles. The fourth-order valence-electron chi connectivity index (χ4n) is 2.43. The Morgan fingerprint density at radius 1 is 1.32 bits per heavy atom. The third-order valence-corrected chi connectivity index (χ3v) is 4.28. The molecule has 1 heterocycles. The standard InChI is InChI=1S/C13H18ClNO3S/c1-18-13-5-4-11(10-19(14,16)17)8-12(13)9-15-6-2-3-7-15/h4-5,8H,2-3,6-7,9-10H2,1H3. The van der Waals surface area contributed by atoms with Crippen molar-refractivity contribution in [3.8, 4) is 5.75 Å². The SMILES string of the molecule is COc1ccc(CS(=O)(=O)Cl)cc1CN1CCCC1. The van der Waals surface area contributed by atoms with Gasteiger partial charge in [-0.1, -0.05) is 6.07 Å². The Kier molecular flexibility index (Phi) is 4.71. The average molecular weight is 304 g/mol. The Balaban J connectivity index is 2.20. The fraction of sp³-hybridized carbons (Fsp3) is 0.538. The molecule has 1 aromatic carbocycles. The van der Waals surface area contributed by atoms with E-state index in [-0.39, 0.29) is 5.75 Å². The molecule has 19 heavy (non-hydrogen) atoms. The minimum atomic E-state index is -3.52. The summed E-state index contributed by atoms with van der Waals surface area (Å²) in [6.07, 6.45) is 2.44. The Hall–Kier alpha value is -0.780. The zero-order valence-electron chi connectivity index (χ0n) is 10.9. The molecule has 4 nitrogen and oxygen atoms in total. The monoisotopic (exact) mass is 303 g/mol. The lowest BCUT2D eigenvalue weighted by Crippen LogP contribution is -2.19. The van der Waals surface area contributed by atoms with Gasteiger partial charge in [0, 0.05) is 22.8 Å². The average Bonchev–Trinajstić information content (AvgIpc) is 2.80. The van der Waals surface area contributed by atoms with Gasteiger partial charge < -0.3 is 4.74 Å². The molecule has 0 amide bonds. The maximum absolute atomic E-state index is 11.1. The number of hydrogen-bond acceptors (Lipinski definition) is 4. The topological polar surface area (TPSA) is 46.6 Å². The molecule has 0 radical (unpaired) electrons. The molecule has 6 heteroatoms. The molecule has 1 fully saturated rings. The van der Waals surface area contributed by atoms with Gasteiger partial charge in [-0.2, -0.15) is 0 Å². The molecular formula is C13H18ClNO3S. The Labute approximate surface area is 118 Å². The molecular weight excluding hydrogens is 286 g/mol. The van der Waals surface area contributed by atoms with Crippen molar-refractivity contribution in [1.29, 1.82) is 0 Å². The van der Waals surface area contributed by atoms with Gasteiger partial charge in [-0.3, -0.25) is 4.90 Å². The van der Waals surface area contributed by atoms with E-state index < -0.39 is 9.05 Å². The van der Waals surface area contributed by atoms with Crippen LogP contribution in [-0.2, 0) is 21.3 Å². The third kappa shape index (κ3) is 4.37. The lowest BCUT2D eigenvalue weighted by molar-refractivity contribution is 0.321. The zero-order chi connectivity index (χ0) is 13.9. The van der Waals surface area contributed by atoms with Crippen molar-refractivity contribution in [3.05, 3.63) is 29.3 Å². The summed E-state index contributed by atoms with van der Waals surface area (Å²) in [6.45, 7) is 2.96. The van der Waals surface area contributed by atoms with E-state index in [1.807, 2.05) is 12.1 Å². The molecule has 0 atom stereocenters. The highest BCUT2D eigenvalue weighted by molar-refractivity contribution is 8.13. The summed E-state index contributed by atoms with van der Waals surface area (Å²) in [4.78, 5) is 2.34. The maximum Gasteiger partial charge on any atom is 0.236 e. The molecule has 1 saturated heterocycles. The van der Waals surface area contributed by atoms with Crippen LogP contribution in [0.15, 0.2) is 18.2 Å². The molecule has 0 unspecified atom stereocenters. The summed E-state index contributed by atoms with van der Waals surface area (Å²) >= 11 is 0. The van der Waals surface area contributed by atoms with Gasteiger partial charge in [0.25, 0.3) is 0 Å². The minimum Gasteiger partial charge on any atom is -0.496 e. The predicted octanol–water partition coefficient (Wildman–Crippen LogP) is 2.36. The summed E-state index contributed by atoms with van der Waals surface area (Å²) in [5, 5.41) is 0. The van der Waals surface area contributed by atoms with Gasteiger partial charge >= 0.3 is 0 Å². The number of likely N-dealkylation sites (tertiary alicyclic amines) is 1. The van der Waals surface area contributed by atoms with E-state index in [0.29, 0.717) is 5.56 Å². The van der Waals surface area contributed by atoms with Crippen molar-refractivity contribution in [3.63, 3.8) is 0 Å². The predicted molar refractivity (Wildman–Crippen MR) is 76.0 cm³/mol. The summed E-state index contributed by atoms with van der Waals surface area (Å²) < 4.78 is 27.6. The molecule has 1 aromatic rings. The van der Waals surface area contributed by atoms with Gasteiger partial charge in [-0.15, -0.1) is 0 Å². The van der Waals surface area contributed by atoms with E-state index in [1.165, 1.54) is 12.8 Å². The number of hydrogen-bond donors (Lipinski definition) is 0. The number of methoxy groups -OCH3 is 1. The second-order valence-electron chi connectivity index (χ2n) is 4.81. The first-order valence-corrected chi connectivity index (χ1v) is 8.76. The van der Waals surface area contributed by atoms with Crippen molar-refractivity contribution in [1.82, 2.24) is 4.90 Å². The Bertz CT molecular complexity index is 539. The van der Waals surface area contributed by atoms with Gasteiger partial charge in [-0.05, 0) is 43.6 Å². The largest absolute Gasteiger partial charge is 0.496 e. The molecule has 0 spiro atoms. The van der Waals surface area contributed by atoms with Crippen LogP contribution in [0.2, 0.25) is 0 Å². The van der Waals surface area contributed by atoms with Crippen molar-refractivity contribution in [2.75, 3.05) is 20.2 Å². The minimum absolute atomic E-state index is 0.147. The molecule has 2 rings (SSSR count). The highest BCUT2D eigenvalue weighted by atomic mass is 35.7. The smallest absolute Gasteiger partial charge is 0.236 e. The number of benzene rings is 1. The van der Waals surface area contributed by atoms with Crippen molar-refractivity contribution >= 4 is 19.7 Å². The Morgan fingerprint density at radius 3 is 2.58 bits per heavy atom. The van der Waals surface area contributed by atoms with Crippen LogP contribution in [0.4, 0.5) is 0 Å². The number of ether oxygens (including phenoxy) is 1. The van der Waals surface area contributed by atoms with Crippen molar-refractivity contribution in [2.24, 2.45) is 0 Å². The van der Waals surface area contributed by atoms with Gasteiger partial charge in [0.05, 0.1) is 12.9 Å². The molecule has 0 N–H and O–H groups in total. The first-order chi connectivity index (χ1) is 8.98. The summed E-state index contributed by atoms with van der Waals surface area (Å²) in [5.74, 6) is 0.647. The van der Waals surface area contributed by atoms with Gasteiger partial charge in [0.15, 0.2) is 0 Å². The molecule has 106 valence electrons. The van der Waals surface area contributed by atoms with Crippen LogP contribution < -0.4 is 4.74 Å². The van der Waals surface area contributed by atoms with Crippen LogP contribution in [0.5, 0.6) is 5.75 Å². The normalized spacial score (nSPS) is 16.7. The summed E-state index contributed by atoms with van der Waals surface area (Å²) in [7, 11) is 3.40. The summed E-state index contributed by atoms with van der Waals surface area (Å²) in [5.41, 5.74) is 1.72. The van der Waals surface area contributed by atoms with E-state index in [1.54, 1.807) is 13.2 Å². The van der Waals surface area contributed by atoms with Crippen LogP contribution >= 0.6 is 10.7 Å². The fourth-order valence-corrected chi connectivity index (χ4v) is 3.38. The van der Waals surface area contributed by atoms with E-state index in [2.05, 4.69) is 4.90 Å². The second-order valence-corrected chi connectivity index (χ2v) is 7.59. The lowest BCUT2D eigenvalue weighted by Gasteiger charge is -2.17. The lowest BCUT2D eigenvalue weighted by atomic mass is 10.1. The van der Waals surface area contributed by atoms with Gasteiger partial charge in [-0.25, -0.2) is 8.42 Å². The quantitative estimate of drug-likeness (QED) is 0.784. The van der Waals surface area contributed by atoms with Crippen LogP contribution in [-0.4, -0.2) is 33.5 Å². The maximum atomic E-state index is 11.1. The first-order valence-electron chi connectivity index (χ1n) is 6.28. The van der Waals surface area contributed by atoms with Gasteiger partial charge in [0.1, 0.15) is 5.75 Å². The third-order valence-electron chi connectivity index (χ3n) is 3.28. The second kappa shape index (κ2) is 6.11. The molecule has 0 saturated carbocycles. The summed E-state index contributed by atoms with van der Waals surface area (Å²) in [6, 6.07) is 5.42. The zero-order valence-corrected chi connectivity index (χ0v) is 12.5. The van der Waals surface area contributed by atoms with E-state index >= 15 is 0 Å². The highest BCUT2D eigenvalue weighted by Crippen LogP contribution is 2.24. The molecule has 0 aliphatic carbocycles. The molecule has 0 bridgehead atoms. The van der Waals surface area contributed by atoms with Crippen molar-refractivity contribution < 1.29 is 13.2 Å². The molecule has 1 aliphatic heterocycles. The van der Waals surface area contributed by atoms with E-state index in [9.17, 15) is 8.42 Å². The van der Waals surface area contributed by atoms with E-state index in [4.69, 9.17) is 15.4 Å². The Morgan fingerprint density at radius 2 is 2.00 bits per heavy atom. The van der Waals surface area contributed by atoms with Crippen molar-refractivity contribution in [2.45, 2.75) is 25.1 Å². The van der Waals surface area contributed by atoms with Crippen LogP contribution in [0.25, 0.3) is 0 Å². The van der Waals surface area contributed by atoms with Crippen LogP contribution in [0.3, 0.4) is 0 Å². The molecule has 1 aliphatic rings. The van der Waals surface area contributed by atoms with Gasteiger partial charge in [0.2, 0.25) is 9.05 Å². The first kappa shape index (κ1) is 14.6. The number of halogens is 1.